The maximum atomic E-state index is 12.5. The first-order valence-corrected chi connectivity index (χ1v) is 9.52. The van der Waals surface area contributed by atoms with Gasteiger partial charge in [-0.3, -0.25) is 14.4 Å². The maximum Gasteiger partial charge on any atom is 0.312 e. The van der Waals surface area contributed by atoms with Crippen LogP contribution in [0.15, 0.2) is 42.5 Å². The molecule has 2 aromatic rings. The minimum atomic E-state index is -0.932. The second-order valence-corrected chi connectivity index (χ2v) is 7.58. The summed E-state index contributed by atoms with van der Waals surface area (Å²) >= 11 is 5.83. The summed E-state index contributed by atoms with van der Waals surface area (Å²) in [6.45, 7) is 5.72. The molecule has 1 fully saturated rings. The molecule has 1 heterocycles. The van der Waals surface area contributed by atoms with Crippen molar-refractivity contribution in [1.29, 1.82) is 0 Å². The average Bonchev–Trinajstić information content (AvgIpc) is 3.03. The van der Waals surface area contributed by atoms with Crippen molar-refractivity contribution in [3.8, 4) is 0 Å². The van der Waals surface area contributed by atoms with E-state index in [9.17, 15) is 14.4 Å². The summed E-state index contributed by atoms with van der Waals surface area (Å²) in [6.07, 6.45) is -0.854. The minimum Gasteiger partial charge on any atom is -0.454 e. The number of esters is 1. The van der Waals surface area contributed by atoms with Crippen molar-refractivity contribution in [3.63, 3.8) is 0 Å². The highest BCUT2D eigenvalue weighted by Crippen LogP contribution is 2.29. The van der Waals surface area contributed by atoms with Crippen molar-refractivity contribution in [3.05, 3.63) is 64.2 Å². The van der Waals surface area contributed by atoms with Gasteiger partial charge in [-0.15, -0.1) is 0 Å². The molecule has 2 atom stereocenters. The highest BCUT2D eigenvalue weighted by molar-refractivity contribution is 6.30. The first kappa shape index (κ1) is 20.1. The number of nitrogens with zero attached hydrogens (tertiary/aromatic N) is 1. The van der Waals surface area contributed by atoms with Crippen LogP contribution in [0.3, 0.4) is 0 Å². The number of aryl methyl sites for hydroxylation is 2. The van der Waals surface area contributed by atoms with E-state index in [0.717, 1.165) is 16.8 Å². The summed E-state index contributed by atoms with van der Waals surface area (Å²) in [5.41, 5.74) is 3.31. The average molecular weight is 400 g/mol. The zero-order valence-corrected chi connectivity index (χ0v) is 16.8. The smallest absolute Gasteiger partial charge is 0.312 e. The molecular weight excluding hydrogens is 378 g/mol. The molecule has 5 nitrogen and oxygen atoms in total. The summed E-state index contributed by atoms with van der Waals surface area (Å²) in [6, 6.07) is 12.2. The molecule has 3 rings (SSSR count). The molecule has 0 bridgehead atoms. The van der Waals surface area contributed by atoms with E-state index >= 15 is 0 Å². The first-order valence-electron chi connectivity index (χ1n) is 9.14. The predicted molar refractivity (Wildman–Crippen MR) is 108 cm³/mol. The fourth-order valence-corrected chi connectivity index (χ4v) is 3.51. The zero-order valence-electron chi connectivity index (χ0n) is 16.1. The number of halogens is 1. The molecule has 0 radical (unpaired) electrons. The first-order chi connectivity index (χ1) is 13.3. The minimum absolute atomic E-state index is 0.0774. The molecule has 0 spiro atoms. The number of hydrogen-bond acceptors (Lipinski definition) is 4. The van der Waals surface area contributed by atoms with Crippen LogP contribution >= 0.6 is 11.6 Å². The van der Waals surface area contributed by atoms with E-state index in [1.165, 1.54) is 6.92 Å². The number of amides is 1. The summed E-state index contributed by atoms with van der Waals surface area (Å²) < 4.78 is 5.36. The topological polar surface area (TPSA) is 63.7 Å². The van der Waals surface area contributed by atoms with Gasteiger partial charge in [0.05, 0.1) is 5.92 Å². The third-order valence-electron chi connectivity index (χ3n) is 4.89. The molecule has 0 aromatic heterocycles. The van der Waals surface area contributed by atoms with E-state index in [1.807, 2.05) is 32.0 Å². The molecular formula is C22H22ClNO4. The van der Waals surface area contributed by atoms with Crippen LogP contribution in [0.4, 0.5) is 5.69 Å². The number of Topliss-reactive ketones (excluding diaryl/α,β-unsaturated/α-hetero) is 1. The van der Waals surface area contributed by atoms with Gasteiger partial charge >= 0.3 is 5.97 Å². The molecule has 6 heteroatoms. The number of rotatable bonds is 5. The SMILES string of the molecule is Cc1ccc(N2C[C@H](C(=O)O[C@H](C)C(=O)c3ccc(Cl)cc3)CC2=O)c(C)c1. The molecule has 1 aliphatic heterocycles. The second kappa shape index (κ2) is 8.15. The lowest BCUT2D eigenvalue weighted by Gasteiger charge is -2.20. The number of ketones is 1. The van der Waals surface area contributed by atoms with Gasteiger partial charge in [-0.05, 0) is 56.7 Å². The Bertz CT molecular complexity index is 923. The fourth-order valence-electron chi connectivity index (χ4n) is 3.38. The number of ether oxygens (including phenoxy) is 1. The second-order valence-electron chi connectivity index (χ2n) is 7.15. The normalized spacial score (nSPS) is 17.5. The zero-order chi connectivity index (χ0) is 20.4. The summed E-state index contributed by atoms with van der Waals surface area (Å²) in [5, 5.41) is 0.525. The summed E-state index contributed by atoms with van der Waals surface area (Å²) in [7, 11) is 0. The Morgan fingerprint density at radius 2 is 1.82 bits per heavy atom. The summed E-state index contributed by atoms with van der Waals surface area (Å²) in [5.74, 6) is -1.55. The van der Waals surface area contributed by atoms with E-state index < -0.39 is 18.0 Å². The van der Waals surface area contributed by atoms with E-state index in [4.69, 9.17) is 16.3 Å². The molecule has 0 N–H and O–H groups in total. The van der Waals surface area contributed by atoms with Crippen LogP contribution in [-0.4, -0.2) is 30.3 Å². The third-order valence-corrected chi connectivity index (χ3v) is 5.14. The lowest BCUT2D eigenvalue weighted by Crippen LogP contribution is -2.30. The maximum absolute atomic E-state index is 12.5. The van der Waals surface area contributed by atoms with Gasteiger partial charge in [-0.25, -0.2) is 0 Å². The van der Waals surface area contributed by atoms with Gasteiger partial charge in [-0.1, -0.05) is 29.3 Å². The Morgan fingerprint density at radius 1 is 1.14 bits per heavy atom. The van der Waals surface area contributed by atoms with Crippen LogP contribution in [0, 0.1) is 19.8 Å². The van der Waals surface area contributed by atoms with Gasteiger partial charge in [-0.2, -0.15) is 0 Å². The molecule has 0 saturated carbocycles. The Balaban J connectivity index is 1.65. The van der Waals surface area contributed by atoms with E-state index in [-0.39, 0.29) is 24.7 Å². The molecule has 28 heavy (non-hydrogen) atoms. The Labute approximate surface area is 169 Å². The Morgan fingerprint density at radius 3 is 2.46 bits per heavy atom. The fraction of sp³-hybridized carbons (Fsp3) is 0.318. The molecule has 146 valence electrons. The van der Waals surface area contributed by atoms with Crippen LogP contribution in [0.2, 0.25) is 5.02 Å². The largest absolute Gasteiger partial charge is 0.454 e. The highest BCUT2D eigenvalue weighted by Gasteiger charge is 2.37. The Hall–Kier alpha value is -2.66. The molecule has 2 aromatic carbocycles. The van der Waals surface area contributed by atoms with E-state index in [1.54, 1.807) is 29.2 Å². The van der Waals surface area contributed by atoms with Crippen LogP contribution in [-0.2, 0) is 14.3 Å². The molecule has 1 aliphatic rings. The molecule has 1 saturated heterocycles. The number of carbonyl (C=O) groups is 3. The van der Waals surface area contributed by atoms with Gasteiger partial charge in [0, 0.05) is 29.2 Å². The van der Waals surface area contributed by atoms with Crippen LogP contribution in [0.25, 0.3) is 0 Å². The quantitative estimate of drug-likeness (QED) is 0.560. The van der Waals surface area contributed by atoms with Gasteiger partial charge in [0.2, 0.25) is 11.7 Å². The lowest BCUT2D eigenvalue weighted by molar-refractivity contribution is -0.151. The van der Waals surface area contributed by atoms with Gasteiger partial charge in [0.25, 0.3) is 0 Å². The van der Waals surface area contributed by atoms with Crippen molar-refractivity contribution < 1.29 is 19.1 Å². The number of hydrogen-bond donors (Lipinski definition) is 0. The van der Waals surface area contributed by atoms with Crippen molar-refractivity contribution in [2.45, 2.75) is 33.3 Å². The monoisotopic (exact) mass is 399 g/mol. The van der Waals surface area contributed by atoms with Crippen LogP contribution < -0.4 is 4.90 Å². The van der Waals surface area contributed by atoms with Gasteiger partial charge in [0.1, 0.15) is 0 Å². The summed E-state index contributed by atoms with van der Waals surface area (Å²) in [4.78, 5) is 39.0. The highest BCUT2D eigenvalue weighted by atomic mass is 35.5. The molecule has 1 amide bonds. The van der Waals surface area contributed by atoms with E-state index in [0.29, 0.717) is 10.6 Å². The standard InChI is InChI=1S/C22H22ClNO4/c1-13-4-9-19(14(2)10-13)24-12-17(11-20(24)25)22(27)28-15(3)21(26)16-5-7-18(23)8-6-16/h4-10,15,17H,11-12H2,1-3H3/t15-,17-/m1/s1. The van der Waals surface area contributed by atoms with Crippen molar-refractivity contribution in [1.82, 2.24) is 0 Å². The van der Waals surface area contributed by atoms with Crippen LogP contribution in [0.1, 0.15) is 34.8 Å². The van der Waals surface area contributed by atoms with Gasteiger partial charge < -0.3 is 9.64 Å². The van der Waals surface area contributed by atoms with Crippen molar-refractivity contribution >= 4 is 34.9 Å². The van der Waals surface area contributed by atoms with Crippen LogP contribution in [0.5, 0.6) is 0 Å². The van der Waals surface area contributed by atoms with Crippen molar-refractivity contribution in [2.24, 2.45) is 5.92 Å². The third kappa shape index (κ3) is 4.25. The molecule has 0 aliphatic carbocycles. The van der Waals surface area contributed by atoms with Gasteiger partial charge in [0.15, 0.2) is 6.10 Å². The number of anilines is 1. The number of benzene rings is 2. The number of carbonyl (C=O) groups excluding carboxylic acids is 3. The predicted octanol–water partition coefficient (Wildman–Crippen LogP) is 4.12. The van der Waals surface area contributed by atoms with Crippen molar-refractivity contribution in [2.75, 3.05) is 11.4 Å². The lowest BCUT2D eigenvalue weighted by atomic mass is 10.1. The Kier molecular flexibility index (Phi) is 5.84. The van der Waals surface area contributed by atoms with E-state index in [2.05, 4.69) is 0 Å². The molecule has 0 unspecified atom stereocenters.